The Morgan fingerprint density at radius 1 is 1.02 bits per heavy atom. The lowest BCUT2D eigenvalue weighted by Gasteiger charge is -2.41. The zero-order chi connectivity index (χ0) is 32.8. The number of rotatable bonds is 14. The van der Waals surface area contributed by atoms with Crippen molar-refractivity contribution >= 4 is 58.7 Å². The molecule has 4 heterocycles. The number of carboxylic acid groups (broad SMARTS) is 2. The van der Waals surface area contributed by atoms with Gasteiger partial charge in [-0.1, -0.05) is 29.3 Å². The number of hydrogen-bond acceptors (Lipinski definition) is 9. The van der Waals surface area contributed by atoms with Gasteiger partial charge >= 0.3 is 11.9 Å². The number of aldehydes is 1. The predicted molar refractivity (Wildman–Crippen MR) is 175 cm³/mol. The van der Waals surface area contributed by atoms with Crippen LogP contribution in [0.25, 0.3) is 0 Å². The van der Waals surface area contributed by atoms with E-state index in [1.165, 1.54) is 23.5 Å². The van der Waals surface area contributed by atoms with Crippen LogP contribution in [0.15, 0.2) is 52.3 Å². The molecule has 5 rings (SSSR count). The van der Waals surface area contributed by atoms with Gasteiger partial charge in [-0.2, -0.15) is 0 Å². The van der Waals surface area contributed by atoms with Crippen molar-refractivity contribution in [2.75, 3.05) is 45.8 Å². The van der Waals surface area contributed by atoms with Gasteiger partial charge in [-0.15, -0.1) is 11.3 Å². The number of carbonyl (C=O) groups excluding carboxylic acids is 2. The molecule has 2 fully saturated rings. The van der Waals surface area contributed by atoms with Gasteiger partial charge in [0.25, 0.3) is 0 Å². The van der Waals surface area contributed by atoms with Crippen molar-refractivity contribution in [2.24, 2.45) is 0 Å². The molecule has 3 aliphatic rings. The molecule has 3 aliphatic heterocycles. The Balaban J connectivity index is 1.40. The lowest BCUT2D eigenvalue weighted by atomic mass is 9.78. The monoisotopic (exact) mass is 689 g/mol. The van der Waals surface area contributed by atoms with Crippen LogP contribution < -0.4 is 5.32 Å². The van der Waals surface area contributed by atoms with Gasteiger partial charge < -0.3 is 30.1 Å². The van der Waals surface area contributed by atoms with Crippen molar-refractivity contribution in [3.05, 3.63) is 72.9 Å². The minimum absolute atomic E-state index is 0.117. The van der Waals surface area contributed by atoms with E-state index in [9.17, 15) is 29.4 Å². The van der Waals surface area contributed by atoms with Crippen LogP contribution in [0, 0.1) is 0 Å². The number of likely N-dealkylation sites (tertiary alicyclic amines) is 1. The number of unbranched alkanes of at least 4 members (excludes halogenated alkanes) is 1. The third-order valence-electron chi connectivity index (χ3n) is 8.85. The number of piperazine rings is 1. The SMILES string of the molecule is O=CC(C1=C(C(=O)O)C(c2c(Cl)cccc2Cl)C(C(=O)O)=C(CCc2nccs2)N1)N1CCN(CCCCN2CCCC2=O)CC1. The second kappa shape index (κ2) is 15.5. The van der Waals surface area contributed by atoms with Crippen molar-refractivity contribution in [3.8, 4) is 0 Å². The Bertz CT molecular complexity index is 1500. The van der Waals surface area contributed by atoms with Crippen molar-refractivity contribution in [2.45, 2.75) is 50.5 Å². The van der Waals surface area contributed by atoms with E-state index in [0.29, 0.717) is 45.3 Å². The number of amides is 1. The summed E-state index contributed by atoms with van der Waals surface area (Å²) in [7, 11) is 0. The molecule has 2 unspecified atom stereocenters. The summed E-state index contributed by atoms with van der Waals surface area (Å²) in [6.45, 7) is 4.84. The minimum atomic E-state index is -1.37. The topological polar surface area (TPSA) is 143 Å². The molecule has 0 radical (unpaired) electrons. The number of carbonyl (C=O) groups is 4. The molecule has 0 spiro atoms. The van der Waals surface area contributed by atoms with Crippen LogP contribution in [0.4, 0.5) is 0 Å². The summed E-state index contributed by atoms with van der Waals surface area (Å²) < 4.78 is 0. The predicted octanol–water partition coefficient (Wildman–Crippen LogP) is 4.03. The summed E-state index contributed by atoms with van der Waals surface area (Å²) in [6.07, 6.45) is 6.44. The molecule has 2 atom stereocenters. The van der Waals surface area contributed by atoms with Crippen molar-refractivity contribution in [3.63, 3.8) is 0 Å². The largest absolute Gasteiger partial charge is 0.478 e. The van der Waals surface area contributed by atoms with Gasteiger partial charge in [0.2, 0.25) is 5.91 Å². The molecular weight excluding hydrogens is 653 g/mol. The van der Waals surface area contributed by atoms with Crippen LogP contribution in [-0.4, -0.2) is 106 Å². The Morgan fingerprint density at radius 2 is 1.72 bits per heavy atom. The number of allylic oxidation sites excluding steroid dienone is 1. The highest BCUT2D eigenvalue weighted by atomic mass is 35.5. The number of hydrogen-bond donors (Lipinski definition) is 3. The Hall–Kier alpha value is -3.29. The first-order chi connectivity index (χ1) is 22.2. The van der Waals surface area contributed by atoms with Crippen LogP contribution in [-0.2, 0) is 25.6 Å². The van der Waals surface area contributed by atoms with Gasteiger partial charge in [-0.05, 0) is 44.4 Å². The highest BCUT2D eigenvalue weighted by Gasteiger charge is 2.43. The Labute approximate surface area is 281 Å². The van der Waals surface area contributed by atoms with Crippen molar-refractivity contribution < 1.29 is 29.4 Å². The molecule has 11 nitrogen and oxygen atoms in total. The van der Waals surface area contributed by atoms with Gasteiger partial charge in [0.1, 0.15) is 12.3 Å². The molecule has 3 N–H and O–H groups in total. The van der Waals surface area contributed by atoms with Crippen LogP contribution in [0.5, 0.6) is 0 Å². The van der Waals surface area contributed by atoms with E-state index in [2.05, 4.69) is 15.2 Å². The maximum Gasteiger partial charge on any atom is 0.334 e. The summed E-state index contributed by atoms with van der Waals surface area (Å²) in [5.74, 6) is -3.78. The van der Waals surface area contributed by atoms with E-state index in [0.717, 1.165) is 43.9 Å². The quantitative estimate of drug-likeness (QED) is 0.196. The zero-order valence-corrected chi connectivity index (χ0v) is 27.6. The molecule has 1 amide bonds. The Morgan fingerprint density at radius 3 is 2.30 bits per heavy atom. The molecule has 14 heteroatoms. The summed E-state index contributed by atoms with van der Waals surface area (Å²) in [6, 6.07) is 3.72. The average Bonchev–Trinajstić information content (AvgIpc) is 3.70. The molecular formula is C32H37Cl2N5O6S. The van der Waals surface area contributed by atoms with Crippen molar-refractivity contribution in [1.82, 2.24) is 25.0 Å². The third kappa shape index (κ3) is 7.63. The summed E-state index contributed by atoms with van der Waals surface area (Å²) in [5.41, 5.74) is 0.104. The molecule has 246 valence electrons. The smallest absolute Gasteiger partial charge is 0.334 e. The van der Waals surface area contributed by atoms with E-state index < -0.39 is 23.9 Å². The first-order valence-corrected chi connectivity index (χ1v) is 17.1. The van der Waals surface area contributed by atoms with Crippen LogP contribution in [0.1, 0.15) is 48.6 Å². The summed E-state index contributed by atoms with van der Waals surface area (Å²) in [5, 5.41) is 27.1. The highest BCUT2D eigenvalue weighted by Crippen LogP contribution is 2.45. The number of halogens is 2. The summed E-state index contributed by atoms with van der Waals surface area (Å²) >= 11 is 14.6. The standard InChI is InChI=1S/C32H37Cl2N5O6S/c33-20-5-3-6-21(34)26(20)28-27(31(42)43)22(8-9-24-35-10-18-46-24)36-30(29(28)32(44)45)23(19-40)38-16-14-37(15-17-38)11-1-2-12-39-13-4-7-25(39)41/h3,5-6,10,18-19,23,28,36H,1-2,4,7-9,11-17H2,(H,42,43)(H,44,45). The second-order valence-electron chi connectivity index (χ2n) is 11.6. The Kier molecular flexibility index (Phi) is 11.5. The number of benzene rings is 1. The number of thiazole rings is 1. The average molecular weight is 691 g/mol. The lowest BCUT2D eigenvalue weighted by molar-refractivity contribution is -0.133. The number of aliphatic carboxylic acids is 2. The first kappa shape index (κ1) is 34.1. The van der Waals surface area contributed by atoms with Gasteiger partial charge in [0.05, 0.1) is 27.8 Å². The minimum Gasteiger partial charge on any atom is -0.478 e. The zero-order valence-electron chi connectivity index (χ0n) is 25.3. The van der Waals surface area contributed by atoms with Gasteiger partial charge in [-0.3, -0.25) is 9.69 Å². The normalized spacial score (nSPS) is 20.3. The van der Waals surface area contributed by atoms with Gasteiger partial charge in [0.15, 0.2) is 0 Å². The number of nitrogens with zero attached hydrogens (tertiary/aromatic N) is 4. The molecule has 0 bridgehead atoms. The molecule has 1 aromatic heterocycles. The van der Waals surface area contributed by atoms with Crippen LogP contribution in [0.3, 0.4) is 0 Å². The number of dihydropyridines is 1. The molecule has 2 saturated heterocycles. The fraction of sp³-hybridized carbons (Fsp3) is 0.469. The van der Waals surface area contributed by atoms with E-state index in [4.69, 9.17) is 23.2 Å². The molecule has 1 aromatic carbocycles. The maximum atomic E-state index is 13.0. The van der Waals surface area contributed by atoms with E-state index in [1.807, 2.05) is 15.2 Å². The van der Waals surface area contributed by atoms with E-state index in [-0.39, 0.29) is 50.5 Å². The van der Waals surface area contributed by atoms with Gasteiger partial charge in [0, 0.05) is 85.0 Å². The maximum absolute atomic E-state index is 13.0. The van der Waals surface area contributed by atoms with Gasteiger partial charge in [-0.25, -0.2) is 14.6 Å². The number of carboxylic acids is 2. The molecule has 0 aliphatic carbocycles. The third-order valence-corrected chi connectivity index (χ3v) is 10.3. The van der Waals surface area contributed by atoms with Crippen LogP contribution in [0.2, 0.25) is 10.0 Å². The number of nitrogens with one attached hydrogen (secondary N) is 1. The fourth-order valence-corrected chi connectivity index (χ4v) is 7.79. The fourth-order valence-electron chi connectivity index (χ4n) is 6.56. The molecule has 2 aromatic rings. The van der Waals surface area contributed by atoms with Crippen LogP contribution >= 0.6 is 34.5 Å². The highest BCUT2D eigenvalue weighted by molar-refractivity contribution is 7.09. The molecule has 0 saturated carbocycles. The molecule has 46 heavy (non-hydrogen) atoms. The number of aromatic nitrogens is 1. The van der Waals surface area contributed by atoms with E-state index >= 15 is 0 Å². The lowest BCUT2D eigenvalue weighted by Crippen LogP contribution is -2.54. The van der Waals surface area contributed by atoms with Crippen molar-refractivity contribution in [1.29, 1.82) is 0 Å². The van der Waals surface area contributed by atoms with E-state index in [1.54, 1.807) is 12.3 Å². The second-order valence-corrected chi connectivity index (χ2v) is 13.4. The summed E-state index contributed by atoms with van der Waals surface area (Å²) in [4.78, 5) is 61.1. The number of aryl methyl sites for hydroxylation is 1. The first-order valence-electron chi connectivity index (χ1n) is 15.4.